The normalized spacial score (nSPS) is 19.0. The van der Waals surface area contributed by atoms with E-state index in [2.05, 4.69) is 15.6 Å². The van der Waals surface area contributed by atoms with E-state index in [0.29, 0.717) is 94.2 Å². The van der Waals surface area contributed by atoms with Gasteiger partial charge in [0, 0.05) is 78.9 Å². The number of nitrogens with zero attached hydrogens (tertiary/aromatic N) is 6. The third kappa shape index (κ3) is 7.97. The molecular formula is C39H44Cl2N8O4. The lowest BCUT2D eigenvalue weighted by Crippen LogP contribution is -2.51. The highest BCUT2D eigenvalue weighted by Gasteiger charge is 2.38. The number of benzene rings is 1. The maximum Gasteiger partial charge on any atom is 0.219 e. The van der Waals surface area contributed by atoms with Gasteiger partial charge in [0.15, 0.2) is 17.2 Å². The highest BCUT2D eigenvalue weighted by molar-refractivity contribution is 6.39. The lowest BCUT2D eigenvalue weighted by atomic mass is 9.77. The molecule has 5 aromatic rings. The minimum atomic E-state index is -0.612. The number of pyridine rings is 3. The average molecular weight is 760 g/mol. The molecule has 1 aliphatic carbocycles. The number of fused-ring (bicyclic) bond motifs is 1. The van der Waals surface area contributed by atoms with Crippen molar-refractivity contribution < 1.29 is 19.4 Å². The molecule has 1 aliphatic heterocycles. The number of piperidine rings is 1. The van der Waals surface area contributed by atoms with Gasteiger partial charge in [-0.15, -0.1) is 5.10 Å². The number of rotatable bonds is 12. The SMILES string of the molecule is CCOc1cc(-c2nccc(-c3cccc(-c4ccc(CNC5CCN(C(C)=O)CC5)c(OC)n4)c3Cl)c2Cl)cn2nc(CN[C@H]3C[C@@](C)(O)C3)nc12. The number of carbonyl (C=O) groups is 1. The highest BCUT2D eigenvalue weighted by Crippen LogP contribution is 2.42. The first kappa shape index (κ1) is 37.0. The zero-order chi connectivity index (χ0) is 37.3. The molecule has 1 amide bonds. The molecule has 1 saturated heterocycles. The number of hydrogen-bond acceptors (Lipinski definition) is 10. The zero-order valence-electron chi connectivity index (χ0n) is 30.3. The number of halogens is 2. The molecule has 278 valence electrons. The van der Waals surface area contributed by atoms with Crippen molar-refractivity contribution in [3.63, 3.8) is 0 Å². The number of hydrogen-bond donors (Lipinski definition) is 3. The molecule has 0 bridgehead atoms. The molecule has 0 atom stereocenters. The molecule has 4 aromatic heterocycles. The Morgan fingerprint density at radius 3 is 2.45 bits per heavy atom. The summed E-state index contributed by atoms with van der Waals surface area (Å²) < 4.78 is 13.4. The second-order valence-corrected chi connectivity index (χ2v) is 14.8. The van der Waals surface area contributed by atoms with Crippen LogP contribution in [0.2, 0.25) is 10.0 Å². The van der Waals surface area contributed by atoms with E-state index in [-0.39, 0.29) is 11.9 Å². The second kappa shape index (κ2) is 15.6. The summed E-state index contributed by atoms with van der Waals surface area (Å²) in [5.74, 6) is 1.83. The predicted molar refractivity (Wildman–Crippen MR) is 205 cm³/mol. The Morgan fingerprint density at radius 2 is 1.74 bits per heavy atom. The second-order valence-electron chi connectivity index (χ2n) is 14.0. The van der Waals surface area contributed by atoms with Crippen LogP contribution in [0.5, 0.6) is 11.6 Å². The Kier molecular flexibility index (Phi) is 10.9. The molecule has 2 fully saturated rings. The molecule has 7 rings (SSSR count). The van der Waals surface area contributed by atoms with Crippen LogP contribution in [0.1, 0.15) is 57.8 Å². The summed E-state index contributed by atoms with van der Waals surface area (Å²) >= 11 is 14.3. The van der Waals surface area contributed by atoms with Gasteiger partial charge in [-0.05, 0) is 57.7 Å². The molecule has 0 spiro atoms. The van der Waals surface area contributed by atoms with Gasteiger partial charge in [-0.1, -0.05) is 47.5 Å². The minimum Gasteiger partial charge on any atom is -0.490 e. The number of likely N-dealkylation sites (tertiary alicyclic amines) is 1. The van der Waals surface area contributed by atoms with Gasteiger partial charge in [0.25, 0.3) is 0 Å². The number of nitrogens with one attached hydrogen (secondary N) is 2. The van der Waals surface area contributed by atoms with Gasteiger partial charge in [0.2, 0.25) is 11.8 Å². The van der Waals surface area contributed by atoms with Crippen molar-refractivity contribution in [1.82, 2.24) is 40.1 Å². The summed E-state index contributed by atoms with van der Waals surface area (Å²) in [6, 6.07) is 14.0. The van der Waals surface area contributed by atoms with Crippen molar-refractivity contribution in [2.75, 3.05) is 26.8 Å². The molecule has 1 saturated carbocycles. The van der Waals surface area contributed by atoms with Crippen LogP contribution in [0.15, 0.2) is 54.9 Å². The van der Waals surface area contributed by atoms with Crippen molar-refractivity contribution in [3.05, 3.63) is 76.3 Å². The van der Waals surface area contributed by atoms with Crippen LogP contribution in [-0.2, 0) is 17.9 Å². The summed E-state index contributed by atoms with van der Waals surface area (Å²) in [6.07, 6.45) is 6.76. The number of amides is 1. The van der Waals surface area contributed by atoms with E-state index < -0.39 is 5.60 Å². The van der Waals surface area contributed by atoms with Gasteiger partial charge in [-0.2, -0.15) is 0 Å². The molecule has 12 nitrogen and oxygen atoms in total. The van der Waals surface area contributed by atoms with Crippen LogP contribution in [0, 0.1) is 0 Å². The van der Waals surface area contributed by atoms with Crippen LogP contribution in [-0.4, -0.2) is 85.0 Å². The molecular weight excluding hydrogens is 715 g/mol. The monoisotopic (exact) mass is 758 g/mol. The van der Waals surface area contributed by atoms with E-state index in [1.807, 2.05) is 67.4 Å². The fourth-order valence-corrected chi connectivity index (χ4v) is 7.87. The quantitative estimate of drug-likeness (QED) is 0.132. The van der Waals surface area contributed by atoms with E-state index in [4.69, 9.17) is 47.7 Å². The number of methoxy groups -OCH3 is 1. The minimum absolute atomic E-state index is 0.125. The summed E-state index contributed by atoms with van der Waals surface area (Å²) in [5, 5.41) is 22.8. The van der Waals surface area contributed by atoms with E-state index >= 15 is 0 Å². The summed E-state index contributed by atoms with van der Waals surface area (Å²) in [5.41, 5.74) is 5.02. The van der Waals surface area contributed by atoms with Crippen molar-refractivity contribution in [1.29, 1.82) is 0 Å². The van der Waals surface area contributed by atoms with Crippen LogP contribution >= 0.6 is 23.2 Å². The third-order valence-corrected chi connectivity index (χ3v) is 10.8. The van der Waals surface area contributed by atoms with Crippen LogP contribution in [0.25, 0.3) is 39.3 Å². The predicted octanol–water partition coefficient (Wildman–Crippen LogP) is 6.34. The number of carbonyl (C=O) groups excluding carboxylic acids is 1. The number of ether oxygens (including phenoxy) is 2. The standard InChI is InChI=1S/C39H44Cl2N8O4/c1-5-53-32-17-25(22-49-37(32)46-33(47-49)21-44-27-18-39(3,51)19-27)36-35(41)29(11-14-42-36)28-7-6-8-30(34(28)40)31-10-9-24(38(45-31)52-4)20-43-26-12-15-48(16-13-26)23(2)50/h6-11,14,17,22,26-27,43-44,51H,5,12-13,15-16,18-21H2,1-4H3/t27-,39+. The molecule has 14 heteroatoms. The maximum absolute atomic E-state index is 11.7. The van der Waals surface area contributed by atoms with E-state index in [0.717, 1.165) is 42.6 Å². The lowest BCUT2D eigenvalue weighted by Gasteiger charge is -2.41. The van der Waals surface area contributed by atoms with Crippen molar-refractivity contribution in [2.45, 2.75) is 77.2 Å². The Morgan fingerprint density at radius 1 is 1.00 bits per heavy atom. The maximum atomic E-state index is 11.7. The topological polar surface area (TPSA) is 139 Å². The summed E-state index contributed by atoms with van der Waals surface area (Å²) in [6.45, 7) is 8.42. The number of aliphatic hydroxyl groups is 1. The first-order valence-electron chi connectivity index (χ1n) is 18.0. The Labute approximate surface area is 318 Å². The summed E-state index contributed by atoms with van der Waals surface area (Å²) in [7, 11) is 1.62. The number of aromatic nitrogens is 5. The van der Waals surface area contributed by atoms with Gasteiger partial charge in [-0.25, -0.2) is 14.5 Å². The molecule has 0 radical (unpaired) electrons. The van der Waals surface area contributed by atoms with E-state index in [1.54, 1.807) is 24.7 Å². The van der Waals surface area contributed by atoms with Gasteiger partial charge < -0.3 is 30.1 Å². The smallest absolute Gasteiger partial charge is 0.219 e. The molecule has 1 aromatic carbocycles. The first-order valence-corrected chi connectivity index (χ1v) is 18.7. The average Bonchev–Trinajstić information content (AvgIpc) is 3.56. The molecule has 2 aliphatic rings. The largest absolute Gasteiger partial charge is 0.490 e. The molecule has 53 heavy (non-hydrogen) atoms. The first-order chi connectivity index (χ1) is 25.5. The van der Waals surface area contributed by atoms with Crippen molar-refractivity contribution in [2.24, 2.45) is 0 Å². The molecule has 5 heterocycles. The Bertz CT molecular complexity index is 2120. The van der Waals surface area contributed by atoms with Gasteiger partial charge >= 0.3 is 0 Å². The molecule has 3 N–H and O–H groups in total. The van der Waals surface area contributed by atoms with Crippen LogP contribution in [0.3, 0.4) is 0 Å². The fraction of sp³-hybridized carbons (Fsp3) is 0.410. The van der Waals surface area contributed by atoms with E-state index in [9.17, 15) is 9.90 Å². The summed E-state index contributed by atoms with van der Waals surface area (Å²) in [4.78, 5) is 27.8. The van der Waals surface area contributed by atoms with E-state index in [1.165, 1.54) is 0 Å². The Hall–Kier alpha value is -4.33. The highest BCUT2D eigenvalue weighted by atomic mass is 35.5. The van der Waals surface area contributed by atoms with Gasteiger partial charge in [0.05, 0.1) is 47.3 Å². The fourth-order valence-electron chi connectivity index (χ4n) is 7.22. The molecule has 0 unspecified atom stereocenters. The van der Waals surface area contributed by atoms with Gasteiger partial charge in [-0.3, -0.25) is 9.78 Å². The van der Waals surface area contributed by atoms with Crippen LogP contribution in [0.4, 0.5) is 0 Å². The lowest BCUT2D eigenvalue weighted by molar-refractivity contribution is -0.129. The van der Waals surface area contributed by atoms with Crippen molar-refractivity contribution >= 4 is 34.8 Å². The van der Waals surface area contributed by atoms with Gasteiger partial charge in [0.1, 0.15) is 0 Å². The van der Waals surface area contributed by atoms with Crippen molar-refractivity contribution in [3.8, 4) is 45.3 Å². The Balaban J connectivity index is 1.13. The third-order valence-electron chi connectivity index (χ3n) is 10.0. The van der Waals surface area contributed by atoms with Crippen LogP contribution < -0.4 is 20.1 Å². The zero-order valence-corrected chi connectivity index (χ0v) is 31.8.